The first-order valence-corrected chi connectivity index (χ1v) is 5.59. The second kappa shape index (κ2) is 4.91. The van der Waals surface area contributed by atoms with Gasteiger partial charge in [-0.3, -0.25) is 0 Å². The van der Waals surface area contributed by atoms with E-state index < -0.39 is 0 Å². The molecule has 1 rings (SSSR count). The summed E-state index contributed by atoms with van der Waals surface area (Å²) >= 11 is 8.30. The topological polar surface area (TPSA) is 18.5 Å². The van der Waals surface area contributed by atoms with E-state index in [2.05, 4.69) is 22.6 Å². The third kappa shape index (κ3) is 2.40. The summed E-state index contributed by atoms with van der Waals surface area (Å²) in [6.07, 6.45) is 0. The molecule has 0 aliphatic rings. The first-order valence-electron chi connectivity index (χ1n) is 3.69. The van der Waals surface area contributed by atoms with Gasteiger partial charge in [-0.1, -0.05) is 34.2 Å². The number of methoxy groups -OCH3 is 2. The first-order chi connectivity index (χ1) is 6.22. The van der Waals surface area contributed by atoms with Gasteiger partial charge >= 0.3 is 0 Å². The van der Waals surface area contributed by atoms with E-state index in [1.165, 1.54) is 0 Å². The number of hydrogen-bond donors (Lipinski definition) is 0. The average molecular weight is 313 g/mol. The molecule has 0 amide bonds. The molecule has 1 aromatic rings. The molecule has 0 heterocycles. The van der Waals surface area contributed by atoms with Crippen molar-refractivity contribution in [2.45, 2.75) is 4.43 Å². The fourth-order valence-corrected chi connectivity index (χ4v) is 2.07. The third-order valence-electron chi connectivity index (χ3n) is 1.69. The van der Waals surface area contributed by atoms with Crippen molar-refractivity contribution in [3.8, 4) is 11.5 Å². The maximum atomic E-state index is 6.05. The summed E-state index contributed by atoms with van der Waals surface area (Å²) in [5.74, 6) is 1.43. The highest BCUT2D eigenvalue weighted by Crippen LogP contribution is 2.33. The number of benzene rings is 1. The molecule has 13 heavy (non-hydrogen) atoms. The standard InChI is InChI=1S/C9H10ClIO2/c1-12-7-3-6(5-11)9(10)8(4-7)13-2/h3-4H,5H2,1-2H3. The van der Waals surface area contributed by atoms with Gasteiger partial charge in [0.15, 0.2) is 0 Å². The Balaban J connectivity index is 3.20. The molecule has 72 valence electrons. The van der Waals surface area contributed by atoms with Crippen LogP contribution in [0.4, 0.5) is 0 Å². The van der Waals surface area contributed by atoms with Crippen LogP contribution in [0.2, 0.25) is 5.02 Å². The summed E-state index contributed by atoms with van der Waals surface area (Å²) in [5.41, 5.74) is 1.03. The largest absolute Gasteiger partial charge is 0.497 e. The van der Waals surface area contributed by atoms with Crippen molar-refractivity contribution in [3.05, 3.63) is 22.7 Å². The van der Waals surface area contributed by atoms with Crippen LogP contribution < -0.4 is 9.47 Å². The Hall–Kier alpha value is -0.160. The van der Waals surface area contributed by atoms with Crippen LogP contribution in [0.25, 0.3) is 0 Å². The van der Waals surface area contributed by atoms with Crippen LogP contribution in [0.5, 0.6) is 11.5 Å². The number of halogens is 2. The molecule has 0 fully saturated rings. The maximum Gasteiger partial charge on any atom is 0.141 e. The van der Waals surface area contributed by atoms with Crippen molar-refractivity contribution < 1.29 is 9.47 Å². The van der Waals surface area contributed by atoms with Crippen LogP contribution in [0.15, 0.2) is 12.1 Å². The van der Waals surface area contributed by atoms with Gasteiger partial charge in [0.1, 0.15) is 11.5 Å². The van der Waals surface area contributed by atoms with Crippen LogP contribution in [-0.4, -0.2) is 14.2 Å². The zero-order valence-corrected chi connectivity index (χ0v) is 10.3. The van der Waals surface area contributed by atoms with Gasteiger partial charge in [0.05, 0.1) is 19.2 Å². The molecule has 0 atom stereocenters. The second-order valence-corrected chi connectivity index (χ2v) is 3.58. The number of hydrogen-bond acceptors (Lipinski definition) is 2. The van der Waals surface area contributed by atoms with Crippen molar-refractivity contribution in [3.63, 3.8) is 0 Å². The Morgan fingerprint density at radius 1 is 1.31 bits per heavy atom. The van der Waals surface area contributed by atoms with Crippen LogP contribution in [-0.2, 0) is 4.43 Å². The van der Waals surface area contributed by atoms with Gasteiger partial charge in [0.2, 0.25) is 0 Å². The summed E-state index contributed by atoms with van der Waals surface area (Å²) in [4.78, 5) is 0. The lowest BCUT2D eigenvalue weighted by Crippen LogP contribution is -1.91. The lowest BCUT2D eigenvalue weighted by atomic mass is 10.2. The fraction of sp³-hybridized carbons (Fsp3) is 0.333. The summed E-state index contributed by atoms with van der Waals surface area (Å²) in [7, 11) is 3.22. The Morgan fingerprint density at radius 2 is 2.00 bits per heavy atom. The molecule has 2 nitrogen and oxygen atoms in total. The molecule has 0 spiro atoms. The van der Waals surface area contributed by atoms with E-state index in [1.807, 2.05) is 6.07 Å². The predicted molar refractivity (Wildman–Crippen MR) is 62.3 cm³/mol. The van der Waals surface area contributed by atoms with E-state index in [9.17, 15) is 0 Å². The van der Waals surface area contributed by atoms with Gasteiger partial charge in [0.25, 0.3) is 0 Å². The molecule has 0 radical (unpaired) electrons. The van der Waals surface area contributed by atoms with Crippen LogP contribution in [0, 0.1) is 0 Å². The number of alkyl halides is 1. The number of ether oxygens (including phenoxy) is 2. The van der Waals surface area contributed by atoms with E-state index in [4.69, 9.17) is 21.1 Å². The van der Waals surface area contributed by atoms with Gasteiger partial charge in [0, 0.05) is 10.5 Å². The highest BCUT2D eigenvalue weighted by atomic mass is 127. The molecule has 1 aromatic carbocycles. The first kappa shape index (κ1) is 10.9. The van der Waals surface area contributed by atoms with Crippen molar-refractivity contribution in [2.24, 2.45) is 0 Å². The number of rotatable bonds is 3. The molecular weight excluding hydrogens is 302 g/mol. The molecule has 0 saturated carbocycles. The fourth-order valence-electron chi connectivity index (χ4n) is 0.991. The summed E-state index contributed by atoms with van der Waals surface area (Å²) in [6, 6.07) is 3.69. The Kier molecular flexibility index (Phi) is 4.12. The minimum absolute atomic E-state index is 0.660. The lowest BCUT2D eigenvalue weighted by molar-refractivity contribution is 0.394. The minimum Gasteiger partial charge on any atom is -0.497 e. The Bertz CT molecular complexity index is 277. The smallest absolute Gasteiger partial charge is 0.141 e. The Labute approximate surface area is 96.3 Å². The quantitative estimate of drug-likeness (QED) is 0.630. The molecule has 0 aromatic heterocycles. The van der Waals surface area contributed by atoms with Gasteiger partial charge in [-0.2, -0.15) is 0 Å². The van der Waals surface area contributed by atoms with E-state index in [-0.39, 0.29) is 0 Å². The molecule has 0 bridgehead atoms. The molecule has 0 saturated heterocycles. The Morgan fingerprint density at radius 3 is 2.46 bits per heavy atom. The van der Waals surface area contributed by atoms with E-state index in [0.717, 1.165) is 15.7 Å². The zero-order valence-electron chi connectivity index (χ0n) is 7.43. The van der Waals surface area contributed by atoms with Crippen molar-refractivity contribution in [1.29, 1.82) is 0 Å². The van der Waals surface area contributed by atoms with Crippen LogP contribution >= 0.6 is 34.2 Å². The summed E-state index contributed by atoms with van der Waals surface area (Å²) in [6.45, 7) is 0. The van der Waals surface area contributed by atoms with Crippen molar-refractivity contribution in [2.75, 3.05) is 14.2 Å². The SMILES string of the molecule is COc1cc(CI)c(Cl)c(OC)c1. The molecule has 0 N–H and O–H groups in total. The molecule has 0 aliphatic heterocycles. The van der Waals surface area contributed by atoms with E-state index in [1.54, 1.807) is 20.3 Å². The molecule has 0 aliphatic carbocycles. The monoisotopic (exact) mass is 312 g/mol. The molecule has 4 heteroatoms. The third-order valence-corrected chi connectivity index (χ3v) is 2.94. The normalized spacial score (nSPS) is 9.85. The van der Waals surface area contributed by atoms with Gasteiger partial charge in [-0.15, -0.1) is 0 Å². The van der Waals surface area contributed by atoms with Gasteiger partial charge in [-0.05, 0) is 11.6 Å². The van der Waals surface area contributed by atoms with Crippen LogP contribution in [0.3, 0.4) is 0 Å². The highest BCUT2D eigenvalue weighted by Gasteiger charge is 2.08. The van der Waals surface area contributed by atoms with Crippen molar-refractivity contribution >= 4 is 34.2 Å². The molecule has 0 unspecified atom stereocenters. The predicted octanol–water partition coefficient (Wildman–Crippen LogP) is 3.29. The van der Waals surface area contributed by atoms with Crippen LogP contribution in [0.1, 0.15) is 5.56 Å². The second-order valence-electron chi connectivity index (χ2n) is 2.44. The van der Waals surface area contributed by atoms with E-state index in [0.29, 0.717) is 10.8 Å². The molecular formula is C9H10ClIO2. The highest BCUT2D eigenvalue weighted by molar-refractivity contribution is 14.1. The lowest BCUT2D eigenvalue weighted by Gasteiger charge is -2.09. The zero-order chi connectivity index (χ0) is 9.84. The summed E-state index contributed by atoms with van der Waals surface area (Å²) in [5, 5.41) is 0.665. The minimum atomic E-state index is 0.660. The van der Waals surface area contributed by atoms with Gasteiger partial charge in [-0.25, -0.2) is 0 Å². The van der Waals surface area contributed by atoms with Gasteiger partial charge < -0.3 is 9.47 Å². The van der Waals surface area contributed by atoms with E-state index >= 15 is 0 Å². The summed E-state index contributed by atoms with van der Waals surface area (Å²) < 4.78 is 11.1. The average Bonchev–Trinajstić information content (AvgIpc) is 2.18. The van der Waals surface area contributed by atoms with Crippen molar-refractivity contribution in [1.82, 2.24) is 0 Å². The maximum absolute atomic E-state index is 6.05.